The van der Waals surface area contributed by atoms with Gasteiger partial charge in [0.1, 0.15) is 0 Å². The summed E-state index contributed by atoms with van der Waals surface area (Å²) in [6, 6.07) is 4.21. The Balaban J connectivity index is 2.23. The number of carbonyl (C=O) groups is 1. The van der Waals surface area contributed by atoms with Gasteiger partial charge in [0.05, 0.1) is 11.5 Å². The zero-order valence-corrected chi connectivity index (χ0v) is 10.9. The minimum absolute atomic E-state index is 0.0502. The van der Waals surface area contributed by atoms with E-state index in [0.717, 1.165) is 12.8 Å². The zero-order valence-electron chi connectivity index (χ0n) is 10.9. The summed E-state index contributed by atoms with van der Waals surface area (Å²) in [4.78, 5) is 22.2. The number of nitro benzene ring substituents is 1. The van der Waals surface area contributed by atoms with Gasteiger partial charge < -0.3 is 15.2 Å². The van der Waals surface area contributed by atoms with Crippen LogP contribution in [0.1, 0.15) is 24.8 Å². The summed E-state index contributed by atoms with van der Waals surface area (Å²) in [7, 11) is 0. The Morgan fingerprint density at radius 3 is 2.95 bits per heavy atom. The molecule has 1 atom stereocenters. The molecule has 1 unspecified atom stereocenters. The van der Waals surface area contributed by atoms with E-state index in [4.69, 9.17) is 9.84 Å². The molecule has 0 spiro atoms. The molecule has 7 heteroatoms. The van der Waals surface area contributed by atoms with E-state index in [-0.39, 0.29) is 24.0 Å². The molecule has 1 heterocycles. The molecule has 1 saturated heterocycles. The van der Waals surface area contributed by atoms with Crippen LogP contribution in [-0.4, -0.2) is 28.6 Å². The predicted octanol–water partition coefficient (Wildman–Crippen LogP) is 1.13. The fraction of sp³-hybridized carbons (Fsp3) is 0.462. The molecule has 0 saturated carbocycles. The Labute approximate surface area is 115 Å². The van der Waals surface area contributed by atoms with Gasteiger partial charge in [-0.15, -0.1) is 0 Å². The predicted molar refractivity (Wildman–Crippen MR) is 70.3 cm³/mol. The highest BCUT2D eigenvalue weighted by molar-refractivity contribution is 5.81. The summed E-state index contributed by atoms with van der Waals surface area (Å²) in [6.07, 6.45) is 1.52. The first-order valence-electron chi connectivity index (χ1n) is 6.44. The Kier molecular flexibility index (Phi) is 4.52. The van der Waals surface area contributed by atoms with E-state index in [9.17, 15) is 14.9 Å². The quantitative estimate of drug-likeness (QED) is 0.636. The number of nitrogens with zero attached hydrogens (tertiary/aromatic N) is 1. The maximum Gasteiger partial charge on any atom is 0.311 e. The molecule has 1 aliphatic rings. The number of amides is 1. The van der Waals surface area contributed by atoms with Crippen molar-refractivity contribution in [3.05, 3.63) is 33.9 Å². The molecule has 1 aromatic carbocycles. The van der Waals surface area contributed by atoms with E-state index in [1.165, 1.54) is 18.2 Å². The molecule has 2 rings (SSSR count). The van der Waals surface area contributed by atoms with E-state index in [0.29, 0.717) is 18.5 Å². The summed E-state index contributed by atoms with van der Waals surface area (Å²) in [5.41, 5.74) is 0.183. The van der Waals surface area contributed by atoms with E-state index >= 15 is 0 Å². The first-order valence-corrected chi connectivity index (χ1v) is 6.44. The Morgan fingerprint density at radius 1 is 1.45 bits per heavy atom. The number of hydrogen-bond acceptors (Lipinski definition) is 5. The third-order valence-electron chi connectivity index (χ3n) is 3.16. The van der Waals surface area contributed by atoms with E-state index in [2.05, 4.69) is 5.32 Å². The maximum atomic E-state index is 11.8. The molecule has 0 aromatic heterocycles. The summed E-state index contributed by atoms with van der Waals surface area (Å²) >= 11 is 0. The summed E-state index contributed by atoms with van der Waals surface area (Å²) in [6.45, 7) is 0.315. The number of nitro groups is 1. The van der Waals surface area contributed by atoms with Gasteiger partial charge in [-0.1, -0.05) is 6.07 Å². The fourth-order valence-electron chi connectivity index (χ4n) is 2.08. The lowest BCUT2D eigenvalue weighted by Gasteiger charge is -2.16. The van der Waals surface area contributed by atoms with E-state index in [1.54, 1.807) is 0 Å². The molecular weight excluding hydrogens is 264 g/mol. The van der Waals surface area contributed by atoms with Crippen LogP contribution < -0.4 is 10.1 Å². The first kappa shape index (κ1) is 14.3. The Bertz CT molecular complexity index is 517. The molecule has 2 N–H and O–H groups in total. The van der Waals surface area contributed by atoms with Gasteiger partial charge in [-0.2, -0.15) is 0 Å². The number of nitrogens with one attached hydrogen (secondary N) is 1. The molecule has 108 valence electrons. The third kappa shape index (κ3) is 3.24. The number of rotatable bonds is 4. The van der Waals surface area contributed by atoms with Gasteiger partial charge in [0.2, 0.25) is 0 Å². The molecule has 1 aliphatic heterocycles. The van der Waals surface area contributed by atoms with Crippen molar-refractivity contribution < 1.29 is 19.6 Å². The lowest BCUT2D eigenvalue weighted by Crippen LogP contribution is -2.36. The topological polar surface area (TPSA) is 102 Å². The second kappa shape index (κ2) is 6.33. The second-order valence-corrected chi connectivity index (χ2v) is 4.61. The van der Waals surface area contributed by atoms with Crippen molar-refractivity contribution in [2.75, 3.05) is 6.54 Å². The minimum atomic E-state index is -0.712. The number of benzene rings is 1. The van der Waals surface area contributed by atoms with E-state index < -0.39 is 11.0 Å². The lowest BCUT2D eigenvalue weighted by molar-refractivity contribution is -0.386. The molecule has 1 aromatic rings. The molecule has 1 amide bonds. The minimum Gasteiger partial charge on any atom is -0.473 e. The molecule has 0 bridgehead atoms. The number of ether oxygens (including phenoxy) is 1. The van der Waals surface area contributed by atoms with Crippen LogP contribution in [0.2, 0.25) is 0 Å². The Hall–Kier alpha value is -2.15. The zero-order chi connectivity index (χ0) is 14.5. The molecule has 1 fully saturated rings. The fourth-order valence-corrected chi connectivity index (χ4v) is 2.08. The third-order valence-corrected chi connectivity index (χ3v) is 3.16. The smallest absolute Gasteiger partial charge is 0.311 e. The summed E-state index contributed by atoms with van der Waals surface area (Å²) < 4.78 is 5.50. The molecule has 0 radical (unpaired) electrons. The average Bonchev–Trinajstić information content (AvgIpc) is 2.64. The largest absolute Gasteiger partial charge is 0.473 e. The van der Waals surface area contributed by atoms with Gasteiger partial charge >= 0.3 is 5.69 Å². The van der Waals surface area contributed by atoms with Crippen molar-refractivity contribution in [3.8, 4) is 5.75 Å². The van der Waals surface area contributed by atoms with Crippen LogP contribution in [0.3, 0.4) is 0 Å². The number of aliphatic hydroxyl groups excluding tert-OH is 1. The maximum absolute atomic E-state index is 11.8. The van der Waals surface area contributed by atoms with Gasteiger partial charge in [0.15, 0.2) is 11.9 Å². The average molecular weight is 280 g/mol. The molecule has 0 aliphatic carbocycles. The van der Waals surface area contributed by atoms with Gasteiger partial charge in [-0.05, 0) is 30.9 Å². The first-order chi connectivity index (χ1) is 9.61. The summed E-state index contributed by atoms with van der Waals surface area (Å²) in [5.74, 6) is -0.197. The van der Waals surface area contributed by atoms with E-state index in [1.807, 2.05) is 0 Å². The van der Waals surface area contributed by atoms with Gasteiger partial charge in [-0.25, -0.2) is 0 Å². The van der Waals surface area contributed by atoms with Crippen molar-refractivity contribution >= 4 is 11.6 Å². The van der Waals surface area contributed by atoms with Crippen molar-refractivity contribution in [1.82, 2.24) is 5.32 Å². The monoisotopic (exact) mass is 280 g/mol. The standard InChI is InChI=1S/C13H16N2O5/c16-8-9-4-5-11(10(7-9)15(18)19)20-12-3-1-2-6-14-13(12)17/h4-5,7,12,16H,1-3,6,8H2,(H,14,17). The van der Waals surface area contributed by atoms with Crippen LogP contribution in [0.25, 0.3) is 0 Å². The summed E-state index contributed by atoms with van der Waals surface area (Å²) in [5, 5.41) is 22.7. The van der Waals surface area contributed by atoms with Crippen LogP contribution >= 0.6 is 0 Å². The van der Waals surface area contributed by atoms with Crippen molar-refractivity contribution in [2.24, 2.45) is 0 Å². The number of hydrogen-bond donors (Lipinski definition) is 2. The SMILES string of the molecule is O=C1NCCCCC1Oc1ccc(CO)cc1[N+](=O)[O-]. The highest BCUT2D eigenvalue weighted by atomic mass is 16.6. The normalized spacial score (nSPS) is 19.1. The van der Waals surface area contributed by atoms with Crippen molar-refractivity contribution in [3.63, 3.8) is 0 Å². The van der Waals surface area contributed by atoms with Crippen LogP contribution in [0.4, 0.5) is 5.69 Å². The van der Waals surface area contributed by atoms with Crippen LogP contribution in [0.15, 0.2) is 18.2 Å². The highest BCUT2D eigenvalue weighted by Crippen LogP contribution is 2.29. The van der Waals surface area contributed by atoms with Gasteiger partial charge in [0.25, 0.3) is 5.91 Å². The molecule has 7 nitrogen and oxygen atoms in total. The highest BCUT2D eigenvalue weighted by Gasteiger charge is 2.26. The molecule has 20 heavy (non-hydrogen) atoms. The van der Waals surface area contributed by atoms with Crippen LogP contribution in [0, 0.1) is 10.1 Å². The second-order valence-electron chi connectivity index (χ2n) is 4.61. The van der Waals surface area contributed by atoms with Crippen molar-refractivity contribution in [1.29, 1.82) is 0 Å². The van der Waals surface area contributed by atoms with Crippen molar-refractivity contribution in [2.45, 2.75) is 32.0 Å². The lowest BCUT2D eigenvalue weighted by atomic mass is 10.1. The Morgan fingerprint density at radius 2 is 2.25 bits per heavy atom. The van der Waals surface area contributed by atoms with Crippen LogP contribution in [-0.2, 0) is 11.4 Å². The number of carbonyl (C=O) groups excluding carboxylic acids is 1. The van der Waals surface area contributed by atoms with Gasteiger partial charge in [0, 0.05) is 12.6 Å². The number of aliphatic hydroxyl groups is 1. The van der Waals surface area contributed by atoms with Crippen LogP contribution in [0.5, 0.6) is 5.75 Å². The molecular formula is C13H16N2O5. The van der Waals surface area contributed by atoms with Gasteiger partial charge in [-0.3, -0.25) is 14.9 Å².